The van der Waals surface area contributed by atoms with Crippen molar-refractivity contribution in [1.82, 2.24) is 10.2 Å². The third-order valence-electron chi connectivity index (χ3n) is 6.37. The average molecular weight is 511 g/mol. The summed E-state index contributed by atoms with van der Waals surface area (Å²) >= 11 is 0. The molecule has 1 aliphatic rings. The lowest BCUT2D eigenvalue weighted by atomic mass is 9.94. The summed E-state index contributed by atoms with van der Waals surface area (Å²) in [5, 5.41) is 12.2. The number of hydrogen-bond donors (Lipinski definition) is 2. The van der Waals surface area contributed by atoms with Crippen LogP contribution >= 0.6 is 0 Å². The first-order chi connectivity index (χ1) is 18.0. The Bertz CT molecular complexity index is 1040. The fourth-order valence-electron chi connectivity index (χ4n) is 4.31. The number of rotatable bonds is 8. The number of allylic oxidation sites excluding steroid dienone is 2. The van der Waals surface area contributed by atoms with Gasteiger partial charge in [-0.15, -0.1) is 0 Å². The lowest BCUT2D eigenvalue weighted by Gasteiger charge is -2.24. The van der Waals surface area contributed by atoms with E-state index in [1.165, 1.54) is 12.1 Å². The molecule has 7 nitrogen and oxygen atoms in total. The van der Waals surface area contributed by atoms with Gasteiger partial charge in [0.25, 0.3) is 0 Å². The fraction of sp³-hybridized carbons (Fsp3) is 0.414. The van der Waals surface area contributed by atoms with Crippen LogP contribution in [0.25, 0.3) is 0 Å². The molecule has 0 spiro atoms. The van der Waals surface area contributed by atoms with Crippen molar-refractivity contribution in [2.75, 3.05) is 26.3 Å². The smallest absolute Gasteiger partial charge is 0.309 e. The molecule has 2 atom stereocenters. The molecule has 0 saturated carbocycles. The predicted molar refractivity (Wildman–Crippen MR) is 138 cm³/mol. The minimum atomic E-state index is -0.577. The number of nitrogens with zero attached hydrogens (tertiary/aromatic N) is 1. The number of hydrogen-bond acceptors (Lipinski definition) is 5. The third kappa shape index (κ3) is 9.46. The van der Waals surface area contributed by atoms with Crippen LogP contribution in [0, 0.1) is 17.7 Å². The van der Waals surface area contributed by atoms with Crippen LogP contribution in [0.3, 0.4) is 0 Å². The minimum absolute atomic E-state index is 0.00991. The summed E-state index contributed by atoms with van der Waals surface area (Å²) in [5.74, 6) is -2.12. The molecule has 0 bridgehead atoms. The highest BCUT2D eigenvalue weighted by Crippen LogP contribution is 2.19. The standard InChI is InChI=1S/C29H35FN2O5/c30-26-13-11-22(12-14-26)19-25-10-6-2-5-9-24(28(35)31-15-18-37-29(25)36)20-27(34)32(16-17-33)21-23-7-3-1-4-8-23/h1-5,7-8,11-14,24-25,33H,6,9-10,15-21H2,(H,31,35)/b5-2+/t24-,25-/m1/s1. The molecular formula is C29H35FN2O5. The second-order valence-electron chi connectivity index (χ2n) is 9.20. The fourth-order valence-corrected chi connectivity index (χ4v) is 4.31. The summed E-state index contributed by atoms with van der Waals surface area (Å²) < 4.78 is 18.6. The summed E-state index contributed by atoms with van der Waals surface area (Å²) in [6.45, 7) is 0.550. The van der Waals surface area contributed by atoms with E-state index in [4.69, 9.17) is 4.74 Å². The first-order valence-electron chi connectivity index (χ1n) is 12.7. The molecule has 2 aromatic carbocycles. The number of carbonyl (C=O) groups excluding carboxylic acids is 3. The van der Waals surface area contributed by atoms with Crippen LogP contribution < -0.4 is 5.32 Å². The molecule has 2 N–H and O–H groups in total. The normalized spacial score (nSPS) is 19.9. The van der Waals surface area contributed by atoms with Gasteiger partial charge in [-0.05, 0) is 48.9 Å². The minimum Gasteiger partial charge on any atom is -0.464 e. The lowest BCUT2D eigenvalue weighted by molar-refractivity contribution is -0.149. The van der Waals surface area contributed by atoms with Crippen molar-refractivity contribution in [3.8, 4) is 0 Å². The quantitative estimate of drug-likeness (QED) is 0.419. The van der Waals surface area contributed by atoms with Crippen molar-refractivity contribution >= 4 is 17.8 Å². The second kappa shape index (κ2) is 14.9. The number of benzene rings is 2. The molecule has 0 fully saturated rings. The number of esters is 1. The van der Waals surface area contributed by atoms with Crippen LogP contribution in [0.2, 0.25) is 0 Å². The number of cyclic esters (lactones) is 1. The molecule has 2 aromatic rings. The van der Waals surface area contributed by atoms with Gasteiger partial charge < -0.3 is 20.1 Å². The molecule has 0 aliphatic carbocycles. The van der Waals surface area contributed by atoms with Gasteiger partial charge in [0, 0.05) is 19.5 Å². The lowest BCUT2D eigenvalue weighted by Crippen LogP contribution is -2.39. The highest BCUT2D eigenvalue weighted by Gasteiger charge is 2.25. The zero-order valence-corrected chi connectivity index (χ0v) is 21.0. The Balaban J connectivity index is 1.63. The van der Waals surface area contributed by atoms with Crippen LogP contribution in [-0.4, -0.2) is 54.1 Å². The Labute approximate surface area is 217 Å². The number of aliphatic hydroxyl groups excluding tert-OH is 1. The molecule has 0 saturated heterocycles. The number of nitrogens with one attached hydrogen (secondary N) is 1. The number of carbonyl (C=O) groups is 3. The van der Waals surface area contributed by atoms with Crippen molar-refractivity contribution < 1.29 is 28.6 Å². The second-order valence-corrected chi connectivity index (χ2v) is 9.20. The van der Waals surface area contributed by atoms with Gasteiger partial charge in [-0.1, -0.05) is 54.6 Å². The molecule has 37 heavy (non-hydrogen) atoms. The van der Waals surface area contributed by atoms with Crippen LogP contribution in [0.5, 0.6) is 0 Å². The molecule has 0 unspecified atom stereocenters. The molecule has 198 valence electrons. The highest BCUT2D eigenvalue weighted by atomic mass is 19.1. The average Bonchev–Trinajstić information content (AvgIpc) is 2.91. The predicted octanol–water partition coefficient (Wildman–Crippen LogP) is 3.41. The van der Waals surface area contributed by atoms with E-state index < -0.39 is 5.92 Å². The van der Waals surface area contributed by atoms with E-state index in [-0.39, 0.29) is 62.2 Å². The van der Waals surface area contributed by atoms with E-state index in [9.17, 15) is 23.9 Å². The molecule has 8 heteroatoms. The molecule has 1 aliphatic heterocycles. The molecular weight excluding hydrogens is 475 g/mol. The number of aliphatic hydroxyl groups is 1. The van der Waals surface area contributed by atoms with E-state index >= 15 is 0 Å². The van der Waals surface area contributed by atoms with E-state index in [2.05, 4.69) is 5.32 Å². The van der Waals surface area contributed by atoms with Crippen molar-refractivity contribution in [1.29, 1.82) is 0 Å². The van der Waals surface area contributed by atoms with Crippen molar-refractivity contribution in [2.24, 2.45) is 11.8 Å². The maximum atomic E-state index is 13.2. The number of halogens is 1. The summed E-state index contributed by atoms with van der Waals surface area (Å²) in [4.78, 5) is 40.2. The highest BCUT2D eigenvalue weighted by molar-refractivity contribution is 5.86. The summed E-state index contributed by atoms with van der Waals surface area (Å²) in [6.07, 6.45) is 5.79. The van der Waals surface area contributed by atoms with Gasteiger partial charge in [0.15, 0.2) is 0 Å². The van der Waals surface area contributed by atoms with Gasteiger partial charge in [-0.25, -0.2) is 4.39 Å². The Morgan fingerprint density at radius 3 is 2.51 bits per heavy atom. The SMILES string of the molecule is O=C1NCCOC(=O)[C@@H](Cc2ccc(F)cc2)CC/C=C/C[C@@H]1CC(=O)N(CCO)Cc1ccccc1. The molecule has 3 rings (SSSR count). The van der Waals surface area contributed by atoms with Gasteiger partial charge >= 0.3 is 5.97 Å². The molecule has 0 radical (unpaired) electrons. The van der Waals surface area contributed by atoms with Gasteiger partial charge in [0.1, 0.15) is 12.4 Å². The molecule has 0 aromatic heterocycles. The maximum Gasteiger partial charge on any atom is 0.309 e. The van der Waals surface area contributed by atoms with Crippen molar-refractivity contribution in [3.05, 3.63) is 83.7 Å². The molecule has 2 amide bonds. The van der Waals surface area contributed by atoms with E-state index in [0.29, 0.717) is 32.2 Å². The molecule has 1 heterocycles. The summed E-state index contributed by atoms with van der Waals surface area (Å²) in [6, 6.07) is 15.6. The Kier molecular flexibility index (Phi) is 11.3. The number of ether oxygens (including phenoxy) is 1. The van der Waals surface area contributed by atoms with Gasteiger partial charge in [0.05, 0.1) is 25.0 Å². The zero-order chi connectivity index (χ0) is 26.5. The monoisotopic (exact) mass is 510 g/mol. The Morgan fingerprint density at radius 1 is 1.03 bits per heavy atom. The maximum absolute atomic E-state index is 13.2. The van der Waals surface area contributed by atoms with Gasteiger partial charge in [-0.3, -0.25) is 14.4 Å². The van der Waals surface area contributed by atoms with Crippen LogP contribution in [-0.2, 0) is 32.1 Å². The van der Waals surface area contributed by atoms with Crippen molar-refractivity contribution in [3.63, 3.8) is 0 Å². The summed E-state index contributed by atoms with van der Waals surface area (Å²) in [5.41, 5.74) is 1.80. The van der Waals surface area contributed by atoms with E-state index in [1.54, 1.807) is 17.0 Å². The zero-order valence-electron chi connectivity index (χ0n) is 21.0. The Hall–Kier alpha value is -3.52. The van der Waals surface area contributed by atoms with Crippen LogP contribution in [0.15, 0.2) is 66.7 Å². The van der Waals surface area contributed by atoms with Crippen LogP contribution in [0.1, 0.15) is 36.8 Å². The van der Waals surface area contributed by atoms with Crippen LogP contribution in [0.4, 0.5) is 4.39 Å². The van der Waals surface area contributed by atoms with E-state index in [0.717, 1.165) is 11.1 Å². The first-order valence-corrected chi connectivity index (χ1v) is 12.7. The van der Waals surface area contributed by atoms with Gasteiger partial charge in [0.2, 0.25) is 11.8 Å². The number of amides is 2. The first kappa shape index (κ1) is 28.1. The largest absolute Gasteiger partial charge is 0.464 e. The Morgan fingerprint density at radius 2 is 1.78 bits per heavy atom. The van der Waals surface area contributed by atoms with Gasteiger partial charge in [-0.2, -0.15) is 0 Å². The van der Waals surface area contributed by atoms with Crippen molar-refractivity contribution in [2.45, 2.75) is 38.6 Å². The third-order valence-corrected chi connectivity index (χ3v) is 6.37. The summed E-state index contributed by atoms with van der Waals surface area (Å²) in [7, 11) is 0. The van der Waals surface area contributed by atoms with E-state index in [1.807, 2.05) is 42.5 Å². The topological polar surface area (TPSA) is 95.9 Å².